The molecule has 0 saturated heterocycles. The van der Waals surface area contributed by atoms with Gasteiger partial charge >= 0.3 is 0 Å². The van der Waals surface area contributed by atoms with Crippen molar-refractivity contribution in [3.8, 4) is 5.75 Å². The van der Waals surface area contributed by atoms with Crippen LogP contribution in [0.5, 0.6) is 5.75 Å². The Labute approximate surface area is 164 Å². The number of carbonyl (C=O) groups excluding carboxylic acids is 2. The zero-order chi connectivity index (χ0) is 19.8. The van der Waals surface area contributed by atoms with Crippen LogP contribution < -0.4 is 21.1 Å². The summed E-state index contributed by atoms with van der Waals surface area (Å²) in [6.07, 6.45) is 0.895. The number of primary amides is 1. The molecule has 0 unspecified atom stereocenters. The third-order valence-corrected chi connectivity index (χ3v) is 3.92. The molecule has 7 heteroatoms. The van der Waals surface area contributed by atoms with E-state index in [2.05, 4.69) is 24.5 Å². The Hall–Kier alpha value is -2.93. The molecule has 0 spiro atoms. The highest BCUT2D eigenvalue weighted by Gasteiger charge is 2.14. The minimum atomic E-state index is -0.541. The van der Waals surface area contributed by atoms with Crippen molar-refractivity contribution in [2.75, 3.05) is 11.9 Å². The summed E-state index contributed by atoms with van der Waals surface area (Å²) in [6, 6.07) is 13.5. The molecule has 0 aliphatic heterocycles. The predicted octanol–water partition coefficient (Wildman–Crippen LogP) is 3.34. The minimum Gasteiger partial charge on any atom is -0.493 e. The van der Waals surface area contributed by atoms with Gasteiger partial charge in [-0.3, -0.25) is 14.9 Å². The fourth-order valence-electron chi connectivity index (χ4n) is 2.27. The predicted molar refractivity (Wildman–Crippen MR) is 110 cm³/mol. The molecule has 0 fully saturated rings. The minimum absolute atomic E-state index is 0.110. The number of para-hydroxylation sites is 1. The molecule has 2 amide bonds. The molecule has 27 heavy (non-hydrogen) atoms. The Morgan fingerprint density at radius 3 is 2.59 bits per heavy atom. The van der Waals surface area contributed by atoms with Gasteiger partial charge in [-0.25, -0.2) is 0 Å². The number of nitrogens with one attached hydrogen (secondary N) is 2. The first-order valence-corrected chi connectivity index (χ1v) is 9.01. The summed E-state index contributed by atoms with van der Waals surface area (Å²) in [5.74, 6) is 0.105. The highest BCUT2D eigenvalue weighted by atomic mass is 32.1. The maximum atomic E-state index is 12.5. The lowest BCUT2D eigenvalue weighted by Crippen LogP contribution is -2.34. The van der Waals surface area contributed by atoms with Crippen LogP contribution in [0.1, 0.15) is 41.0 Å². The smallest absolute Gasteiger partial charge is 0.261 e. The SMILES string of the molecule is CC(C)CCOc1ccccc1C(=O)NC(=S)Nc1cccc(C(N)=O)c1. The monoisotopic (exact) mass is 385 g/mol. The van der Waals surface area contributed by atoms with Gasteiger partial charge in [-0.15, -0.1) is 0 Å². The van der Waals surface area contributed by atoms with Crippen LogP contribution in [0, 0.1) is 5.92 Å². The zero-order valence-electron chi connectivity index (χ0n) is 15.3. The molecule has 0 heterocycles. The molecule has 0 aliphatic carbocycles. The van der Waals surface area contributed by atoms with Gasteiger partial charge in [-0.2, -0.15) is 0 Å². The fourth-order valence-corrected chi connectivity index (χ4v) is 2.48. The molecule has 6 nitrogen and oxygen atoms in total. The molecule has 142 valence electrons. The van der Waals surface area contributed by atoms with Crippen molar-refractivity contribution in [3.63, 3.8) is 0 Å². The van der Waals surface area contributed by atoms with E-state index in [1.54, 1.807) is 42.5 Å². The largest absolute Gasteiger partial charge is 0.493 e. The number of thiocarbonyl (C=S) groups is 1. The average Bonchev–Trinajstić information content (AvgIpc) is 2.61. The Bertz CT molecular complexity index is 837. The van der Waals surface area contributed by atoms with Crippen LogP contribution in [0.4, 0.5) is 5.69 Å². The van der Waals surface area contributed by atoms with E-state index in [1.807, 2.05) is 6.07 Å². The average molecular weight is 385 g/mol. The van der Waals surface area contributed by atoms with E-state index in [0.717, 1.165) is 6.42 Å². The zero-order valence-corrected chi connectivity index (χ0v) is 16.1. The number of hydrogen-bond donors (Lipinski definition) is 3. The highest BCUT2D eigenvalue weighted by Crippen LogP contribution is 2.19. The summed E-state index contributed by atoms with van der Waals surface area (Å²) < 4.78 is 5.74. The first-order valence-electron chi connectivity index (χ1n) is 8.61. The lowest BCUT2D eigenvalue weighted by atomic mass is 10.1. The maximum Gasteiger partial charge on any atom is 0.261 e. The Balaban J connectivity index is 2.01. The van der Waals surface area contributed by atoms with Crippen molar-refractivity contribution in [3.05, 3.63) is 59.7 Å². The molecular weight excluding hydrogens is 362 g/mol. The van der Waals surface area contributed by atoms with Gasteiger partial charge in [0.05, 0.1) is 12.2 Å². The molecule has 0 radical (unpaired) electrons. The topological polar surface area (TPSA) is 93.4 Å². The van der Waals surface area contributed by atoms with E-state index < -0.39 is 5.91 Å². The lowest BCUT2D eigenvalue weighted by molar-refractivity contribution is 0.0971. The molecule has 0 bridgehead atoms. The first-order chi connectivity index (χ1) is 12.9. The molecule has 0 atom stereocenters. The summed E-state index contributed by atoms with van der Waals surface area (Å²) in [7, 11) is 0. The van der Waals surface area contributed by atoms with Crippen molar-refractivity contribution in [1.29, 1.82) is 0 Å². The molecule has 4 N–H and O–H groups in total. The summed E-state index contributed by atoms with van der Waals surface area (Å²) in [5, 5.41) is 5.59. The van der Waals surface area contributed by atoms with Gasteiger partial charge in [-0.1, -0.05) is 32.0 Å². The van der Waals surface area contributed by atoms with Crippen LogP contribution in [-0.2, 0) is 0 Å². The number of amides is 2. The third-order valence-electron chi connectivity index (χ3n) is 3.72. The van der Waals surface area contributed by atoms with Crippen LogP contribution >= 0.6 is 12.2 Å². The lowest BCUT2D eigenvalue weighted by Gasteiger charge is -2.14. The molecule has 2 aromatic rings. The molecule has 0 aliphatic rings. The number of anilines is 1. The Morgan fingerprint density at radius 2 is 1.89 bits per heavy atom. The van der Waals surface area contributed by atoms with Crippen LogP contribution in [0.3, 0.4) is 0 Å². The quantitative estimate of drug-likeness (QED) is 0.636. The van der Waals surface area contributed by atoms with Gasteiger partial charge in [0, 0.05) is 11.3 Å². The van der Waals surface area contributed by atoms with Crippen molar-refractivity contribution in [1.82, 2.24) is 5.32 Å². The van der Waals surface area contributed by atoms with Crippen molar-refractivity contribution >= 4 is 34.8 Å². The number of benzene rings is 2. The molecule has 0 aromatic heterocycles. The van der Waals surface area contributed by atoms with E-state index in [1.165, 1.54) is 0 Å². The van der Waals surface area contributed by atoms with Crippen molar-refractivity contribution < 1.29 is 14.3 Å². The number of nitrogens with two attached hydrogens (primary N) is 1. The van der Waals surface area contributed by atoms with E-state index in [9.17, 15) is 9.59 Å². The molecule has 2 aromatic carbocycles. The second kappa shape index (κ2) is 9.68. The number of hydrogen-bond acceptors (Lipinski definition) is 4. The van der Waals surface area contributed by atoms with Crippen LogP contribution in [0.25, 0.3) is 0 Å². The van der Waals surface area contributed by atoms with E-state index in [0.29, 0.717) is 35.1 Å². The van der Waals surface area contributed by atoms with Crippen LogP contribution in [-0.4, -0.2) is 23.5 Å². The second-order valence-electron chi connectivity index (χ2n) is 6.38. The summed E-state index contributed by atoms with van der Waals surface area (Å²) >= 11 is 5.19. The van der Waals surface area contributed by atoms with Crippen molar-refractivity contribution in [2.24, 2.45) is 11.7 Å². The van der Waals surface area contributed by atoms with Crippen LogP contribution in [0.2, 0.25) is 0 Å². The summed E-state index contributed by atoms with van der Waals surface area (Å²) in [5.41, 5.74) is 6.56. The first kappa shape index (κ1) is 20.4. The normalized spacial score (nSPS) is 10.3. The highest BCUT2D eigenvalue weighted by molar-refractivity contribution is 7.80. The number of ether oxygens (including phenoxy) is 1. The number of rotatable bonds is 7. The van der Waals surface area contributed by atoms with Gasteiger partial charge in [-0.05, 0) is 54.9 Å². The molecule has 0 saturated carbocycles. The van der Waals surface area contributed by atoms with Gasteiger partial charge in [0.15, 0.2) is 5.11 Å². The molecule has 2 rings (SSSR count). The van der Waals surface area contributed by atoms with E-state index in [4.69, 9.17) is 22.7 Å². The van der Waals surface area contributed by atoms with Gasteiger partial charge in [0.2, 0.25) is 5.91 Å². The van der Waals surface area contributed by atoms with Gasteiger partial charge < -0.3 is 15.8 Å². The van der Waals surface area contributed by atoms with Crippen LogP contribution in [0.15, 0.2) is 48.5 Å². The van der Waals surface area contributed by atoms with E-state index in [-0.39, 0.29) is 11.0 Å². The fraction of sp³-hybridized carbons (Fsp3) is 0.250. The second-order valence-corrected chi connectivity index (χ2v) is 6.79. The maximum absolute atomic E-state index is 12.5. The summed E-state index contributed by atoms with van der Waals surface area (Å²) in [6.45, 7) is 4.75. The molecular formula is C20H23N3O3S. The number of carbonyl (C=O) groups is 2. The summed E-state index contributed by atoms with van der Waals surface area (Å²) in [4.78, 5) is 23.8. The van der Waals surface area contributed by atoms with Gasteiger partial charge in [0.25, 0.3) is 5.91 Å². The van der Waals surface area contributed by atoms with E-state index >= 15 is 0 Å². The Morgan fingerprint density at radius 1 is 1.15 bits per heavy atom. The standard InChI is InChI=1S/C20H23N3O3S/c1-13(2)10-11-26-17-9-4-3-8-16(17)19(25)23-20(27)22-15-7-5-6-14(12-15)18(21)24/h3-9,12-13H,10-11H2,1-2H3,(H2,21,24)(H2,22,23,25,27). The van der Waals surface area contributed by atoms with Gasteiger partial charge in [0.1, 0.15) is 5.75 Å². The third kappa shape index (κ3) is 6.38. The Kier molecular flexibility index (Phi) is 7.31. The van der Waals surface area contributed by atoms with Crippen molar-refractivity contribution in [2.45, 2.75) is 20.3 Å².